The zero-order valence-electron chi connectivity index (χ0n) is 65.6. The summed E-state index contributed by atoms with van der Waals surface area (Å²) >= 11 is 0. The molecule has 3 N–H and O–H groups in total. The van der Waals surface area contributed by atoms with E-state index in [9.17, 15) is 19.0 Å². The zero-order chi connectivity index (χ0) is 72.9. The number of carbonyl (C=O) groups is 2. The molecule has 9 nitrogen and oxygen atoms in total. The predicted molar refractivity (Wildman–Crippen MR) is 440 cm³/mol. The molecule has 0 aliphatic rings. The fraction of sp³-hybridized carbons (Fsp3) is 0.714. The van der Waals surface area contributed by atoms with E-state index in [-0.39, 0.29) is 38.6 Å². The van der Waals surface area contributed by atoms with Gasteiger partial charge in [-0.3, -0.25) is 18.6 Å². The van der Waals surface area contributed by atoms with Crippen LogP contribution in [0.25, 0.3) is 0 Å². The monoisotopic (exact) mass is 1420 g/mol. The van der Waals surface area contributed by atoms with Crippen LogP contribution in [0.2, 0.25) is 0 Å². The van der Waals surface area contributed by atoms with Gasteiger partial charge in [-0.1, -0.05) is 404 Å². The standard InChI is InChI=1S/C91H158NO8P/c1-3-5-7-9-11-13-15-17-19-21-23-25-27-29-31-33-35-37-39-41-43-44-46-48-50-52-54-56-58-60-62-64-66-68-70-72-74-76-78-80-82-84-91(94)100-89(88-99-101(95,96)98-86-85-92)87-97-90(93)83-81-79-77-75-73-71-69-67-65-63-61-59-57-55-53-51-49-47-45-42-40-38-36-34-32-30-28-26-24-22-20-18-16-14-12-10-8-6-4-2/h5-8,11-14,17-20,23-26,29-32,35-38,89H,3-4,9-10,15-16,21-22,27-28,33-34,39-88,92H2,1-2H3,(H,95,96)/b7-5-,8-6-,13-11-,14-12-,19-17-,20-18-,25-23-,26-24-,31-29-,32-30-,37-35-,38-36-. The summed E-state index contributed by atoms with van der Waals surface area (Å²) < 4.78 is 33.3. The van der Waals surface area contributed by atoms with Crippen molar-refractivity contribution in [3.05, 3.63) is 146 Å². The number of allylic oxidation sites excluding steroid dienone is 24. The fourth-order valence-corrected chi connectivity index (χ4v) is 12.8. The first-order valence-corrected chi connectivity index (χ1v) is 43.8. The summed E-state index contributed by atoms with van der Waals surface area (Å²) in [5.74, 6) is -0.812. The summed E-state index contributed by atoms with van der Waals surface area (Å²) in [5, 5.41) is 0. The van der Waals surface area contributed by atoms with Gasteiger partial charge in [0.15, 0.2) is 6.10 Å². The molecule has 101 heavy (non-hydrogen) atoms. The Labute approximate surface area is 624 Å². The molecule has 580 valence electrons. The maximum absolute atomic E-state index is 12.8. The van der Waals surface area contributed by atoms with Gasteiger partial charge in [0.2, 0.25) is 0 Å². The summed E-state index contributed by atoms with van der Waals surface area (Å²) in [6.45, 7) is 3.56. The average Bonchev–Trinajstić information content (AvgIpc) is 1.04. The maximum atomic E-state index is 12.8. The molecule has 0 heterocycles. The van der Waals surface area contributed by atoms with Gasteiger partial charge in [0.1, 0.15) is 6.61 Å². The predicted octanol–water partition coefficient (Wildman–Crippen LogP) is 28.9. The van der Waals surface area contributed by atoms with Crippen molar-refractivity contribution in [3.63, 3.8) is 0 Å². The summed E-state index contributed by atoms with van der Waals surface area (Å²) in [7, 11) is -4.40. The van der Waals surface area contributed by atoms with Crippen LogP contribution in [0.5, 0.6) is 0 Å². The number of ether oxygens (including phenoxy) is 2. The van der Waals surface area contributed by atoms with Crippen molar-refractivity contribution in [3.8, 4) is 0 Å². The number of hydrogen-bond acceptors (Lipinski definition) is 8. The molecule has 0 saturated heterocycles. The van der Waals surface area contributed by atoms with E-state index in [4.69, 9.17) is 24.3 Å². The van der Waals surface area contributed by atoms with Gasteiger partial charge in [-0.05, 0) is 116 Å². The van der Waals surface area contributed by atoms with Crippen molar-refractivity contribution in [1.29, 1.82) is 0 Å². The molecule has 0 bridgehead atoms. The van der Waals surface area contributed by atoms with Crippen molar-refractivity contribution in [2.24, 2.45) is 5.73 Å². The number of esters is 2. The molecule has 2 unspecified atom stereocenters. The molecular weight excluding hydrogens is 1270 g/mol. The van der Waals surface area contributed by atoms with E-state index in [2.05, 4.69) is 160 Å². The normalized spacial score (nSPS) is 13.6. The van der Waals surface area contributed by atoms with Gasteiger partial charge >= 0.3 is 19.8 Å². The molecule has 0 aliphatic heterocycles. The van der Waals surface area contributed by atoms with Gasteiger partial charge in [-0.2, -0.15) is 0 Å². The van der Waals surface area contributed by atoms with Crippen LogP contribution >= 0.6 is 7.82 Å². The van der Waals surface area contributed by atoms with E-state index < -0.39 is 26.5 Å². The van der Waals surface area contributed by atoms with Gasteiger partial charge in [0.05, 0.1) is 13.2 Å². The third-order valence-corrected chi connectivity index (χ3v) is 19.2. The van der Waals surface area contributed by atoms with Gasteiger partial charge in [0.25, 0.3) is 0 Å². The Morgan fingerprint density at radius 3 is 0.762 bits per heavy atom. The highest BCUT2D eigenvalue weighted by Gasteiger charge is 2.26. The van der Waals surface area contributed by atoms with Crippen molar-refractivity contribution in [2.45, 2.75) is 392 Å². The van der Waals surface area contributed by atoms with Crippen molar-refractivity contribution >= 4 is 19.8 Å². The Morgan fingerprint density at radius 2 is 0.515 bits per heavy atom. The summed E-state index contributed by atoms with van der Waals surface area (Å²) in [6, 6.07) is 0. The number of carbonyl (C=O) groups excluding carboxylic acids is 2. The van der Waals surface area contributed by atoms with E-state index in [0.29, 0.717) is 6.42 Å². The van der Waals surface area contributed by atoms with E-state index in [1.807, 2.05) is 0 Å². The SMILES string of the molecule is CC/C=C\C/C=C\C/C=C\C/C=C\C/C=C\C/C=C\CCCCCCCCCCCCCCCCCCCCCCCCC(=O)OC(COC(=O)CCCCCCCCCCCCCCCCCCCCCC/C=C\C/C=C\C/C=C\C/C=C\C/C=C\C/C=C\CC)COP(=O)(O)OCCN. The lowest BCUT2D eigenvalue weighted by atomic mass is 10.0. The quantitative estimate of drug-likeness (QED) is 0.0264. The van der Waals surface area contributed by atoms with Crippen LogP contribution in [0, 0.1) is 0 Å². The van der Waals surface area contributed by atoms with Gasteiger partial charge in [-0.15, -0.1) is 0 Å². The molecule has 0 spiro atoms. The average molecular weight is 1430 g/mol. The van der Waals surface area contributed by atoms with E-state index in [0.717, 1.165) is 116 Å². The minimum atomic E-state index is -4.40. The van der Waals surface area contributed by atoms with Crippen LogP contribution in [-0.4, -0.2) is 49.3 Å². The lowest BCUT2D eigenvalue weighted by Gasteiger charge is -2.19. The molecule has 0 amide bonds. The van der Waals surface area contributed by atoms with E-state index >= 15 is 0 Å². The van der Waals surface area contributed by atoms with Crippen molar-refractivity contribution in [1.82, 2.24) is 0 Å². The number of hydrogen-bond donors (Lipinski definition) is 2. The molecular formula is C91H158NO8P. The minimum Gasteiger partial charge on any atom is -0.462 e. The van der Waals surface area contributed by atoms with E-state index in [1.165, 1.54) is 238 Å². The largest absolute Gasteiger partial charge is 0.472 e. The number of nitrogens with two attached hydrogens (primary N) is 1. The minimum absolute atomic E-state index is 0.0518. The first-order chi connectivity index (χ1) is 49.8. The summed E-state index contributed by atoms with van der Waals surface area (Å²) in [6.07, 6.45) is 123. The molecule has 10 heteroatoms. The molecule has 0 aliphatic carbocycles. The molecule has 0 aromatic rings. The Hall–Kier alpha value is -4.11. The third-order valence-electron chi connectivity index (χ3n) is 18.2. The lowest BCUT2D eigenvalue weighted by molar-refractivity contribution is -0.161. The number of phosphoric ester groups is 1. The van der Waals surface area contributed by atoms with Crippen LogP contribution in [0.1, 0.15) is 386 Å². The summed E-state index contributed by atoms with van der Waals surface area (Å²) in [5.41, 5.74) is 5.42. The first-order valence-electron chi connectivity index (χ1n) is 42.3. The van der Waals surface area contributed by atoms with Crippen molar-refractivity contribution < 1.29 is 37.6 Å². The zero-order valence-corrected chi connectivity index (χ0v) is 66.5. The highest BCUT2D eigenvalue weighted by atomic mass is 31.2. The number of unbranched alkanes of at least 4 members (excludes halogenated alkanes) is 42. The Balaban J connectivity index is 3.77. The van der Waals surface area contributed by atoms with Crippen LogP contribution in [-0.2, 0) is 32.7 Å². The van der Waals surface area contributed by atoms with E-state index in [1.54, 1.807) is 0 Å². The van der Waals surface area contributed by atoms with Crippen LogP contribution in [0.3, 0.4) is 0 Å². The van der Waals surface area contributed by atoms with Crippen LogP contribution in [0.15, 0.2) is 146 Å². The van der Waals surface area contributed by atoms with Gasteiger partial charge < -0.3 is 20.1 Å². The topological polar surface area (TPSA) is 134 Å². The second-order valence-corrected chi connectivity index (χ2v) is 29.4. The van der Waals surface area contributed by atoms with Gasteiger partial charge in [0, 0.05) is 19.4 Å². The number of rotatable bonds is 79. The highest BCUT2D eigenvalue weighted by molar-refractivity contribution is 7.47. The molecule has 0 saturated carbocycles. The molecule has 0 rings (SSSR count). The third kappa shape index (κ3) is 84.7. The second-order valence-electron chi connectivity index (χ2n) is 27.9. The molecule has 0 radical (unpaired) electrons. The lowest BCUT2D eigenvalue weighted by Crippen LogP contribution is -2.29. The highest BCUT2D eigenvalue weighted by Crippen LogP contribution is 2.43. The molecule has 2 atom stereocenters. The first kappa shape index (κ1) is 96.9. The van der Waals surface area contributed by atoms with Gasteiger partial charge in [-0.25, -0.2) is 4.57 Å². The fourth-order valence-electron chi connectivity index (χ4n) is 12.1. The Bertz CT molecular complexity index is 2180. The van der Waals surface area contributed by atoms with Crippen molar-refractivity contribution in [2.75, 3.05) is 26.4 Å². The second kappa shape index (κ2) is 84.8. The Morgan fingerprint density at radius 1 is 0.297 bits per heavy atom. The number of phosphoric acid groups is 1. The van der Waals surface area contributed by atoms with Crippen LogP contribution in [0.4, 0.5) is 0 Å². The van der Waals surface area contributed by atoms with Crippen LogP contribution < -0.4 is 5.73 Å². The smallest absolute Gasteiger partial charge is 0.462 e. The summed E-state index contributed by atoms with van der Waals surface area (Å²) in [4.78, 5) is 35.5. The molecule has 0 aromatic carbocycles. The Kier molecular flexibility index (Phi) is 81.4. The molecule has 0 aromatic heterocycles. The molecule has 0 fully saturated rings. The maximum Gasteiger partial charge on any atom is 0.472 e.